The molecule has 0 aromatic carbocycles. The Balaban J connectivity index is 2.51. The lowest BCUT2D eigenvalue weighted by Crippen LogP contribution is -2.40. The zero-order chi connectivity index (χ0) is 9.14. The first-order valence-corrected chi connectivity index (χ1v) is 4.73. The van der Waals surface area contributed by atoms with Gasteiger partial charge in [0, 0.05) is 12.1 Å². The van der Waals surface area contributed by atoms with Gasteiger partial charge in [0.15, 0.2) is 0 Å². The summed E-state index contributed by atoms with van der Waals surface area (Å²) in [6.45, 7) is 5.08. The van der Waals surface area contributed by atoms with Crippen molar-refractivity contribution in [3.63, 3.8) is 0 Å². The SMILES string of the molecule is CCC1CCC(C)N1CC(=N)N. The Labute approximate surface area is 74.4 Å². The number of rotatable bonds is 3. The van der Waals surface area contributed by atoms with Crippen molar-refractivity contribution in [1.29, 1.82) is 5.41 Å². The van der Waals surface area contributed by atoms with Crippen LogP contribution in [0, 0.1) is 5.41 Å². The van der Waals surface area contributed by atoms with E-state index in [1.54, 1.807) is 0 Å². The summed E-state index contributed by atoms with van der Waals surface area (Å²) in [5, 5.41) is 7.25. The van der Waals surface area contributed by atoms with E-state index in [0.29, 0.717) is 24.5 Å². The molecule has 70 valence electrons. The number of amidine groups is 1. The topological polar surface area (TPSA) is 53.1 Å². The van der Waals surface area contributed by atoms with Gasteiger partial charge >= 0.3 is 0 Å². The van der Waals surface area contributed by atoms with Crippen LogP contribution in [-0.2, 0) is 0 Å². The normalized spacial score (nSPS) is 30.8. The van der Waals surface area contributed by atoms with Gasteiger partial charge in [0.05, 0.1) is 6.54 Å². The van der Waals surface area contributed by atoms with Crippen molar-refractivity contribution in [2.45, 2.75) is 45.2 Å². The Morgan fingerprint density at radius 2 is 2.25 bits per heavy atom. The van der Waals surface area contributed by atoms with E-state index in [4.69, 9.17) is 11.1 Å². The molecule has 1 saturated heterocycles. The maximum Gasteiger partial charge on any atom is 0.105 e. The van der Waals surface area contributed by atoms with Gasteiger partial charge in [0.25, 0.3) is 0 Å². The van der Waals surface area contributed by atoms with Crippen molar-refractivity contribution in [2.24, 2.45) is 5.73 Å². The van der Waals surface area contributed by atoms with E-state index in [2.05, 4.69) is 18.7 Å². The van der Waals surface area contributed by atoms with Crippen LogP contribution in [0.15, 0.2) is 0 Å². The number of nitrogens with two attached hydrogens (primary N) is 1. The summed E-state index contributed by atoms with van der Waals surface area (Å²) in [5.74, 6) is 0.294. The quantitative estimate of drug-likeness (QED) is 0.492. The minimum atomic E-state index is 0.294. The minimum absolute atomic E-state index is 0.294. The minimum Gasteiger partial charge on any atom is -0.387 e. The molecule has 0 radical (unpaired) electrons. The number of nitrogens with one attached hydrogen (secondary N) is 1. The number of likely N-dealkylation sites (tertiary alicyclic amines) is 1. The van der Waals surface area contributed by atoms with Crippen LogP contribution in [0.2, 0.25) is 0 Å². The zero-order valence-corrected chi connectivity index (χ0v) is 8.01. The molecule has 1 heterocycles. The third kappa shape index (κ3) is 1.97. The Kier molecular flexibility index (Phi) is 3.09. The van der Waals surface area contributed by atoms with Crippen LogP contribution in [-0.4, -0.2) is 29.4 Å². The molecule has 3 heteroatoms. The van der Waals surface area contributed by atoms with Crippen molar-refractivity contribution < 1.29 is 0 Å². The van der Waals surface area contributed by atoms with Gasteiger partial charge in [-0.05, 0) is 26.2 Å². The fourth-order valence-electron chi connectivity index (χ4n) is 2.05. The molecule has 2 unspecified atom stereocenters. The lowest BCUT2D eigenvalue weighted by atomic mass is 10.1. The summed E-state index contributed by atoms with van der Waals surface area (Å²) < 4.78 is 0. The Hall–Kier alpha value is -0.570. The highest BCUT2D eigenvalue weighted by Crippen LogP contribution is 2.24. The molecule has 1 fully saturated rings. The first-order chi connectivity index (χ1) is 5.65. The average molecular weight is 169 g/mol. The van der Waals surface area contributed by atoms with Crippen LogP contribution < -0.4 is 5.73 Å². The van der Waals surface area contributed by atoms with Gasteiger partial charge in [0.1, 0.15) is 5.84 Å². The van der Waals surface area contributed by atoms with Gasteiger partial charge in [-0.15, -0.1) is 0 Å². The van der Waals surface area contributed by atoms with Crippen LogP contribution in [0.1, 0.15) is 33.1 Å². The third-order valence-corrected chi connectivity index (χ3v) is 2.78. The third-order valence-electron chi connectivity index (χ3n) is 2.78. The second kappa shape index (κ2) is 3.90. The van der Waals surface area contributed by atoms with E-state index in [1.807, 2.05) is 0 Å². The lowest BCUT2D eigenvalue weighted by molar-refractivity contribution is 0.228. The lowest BCUT2D eigenvalue weighted by Gasteiger charge is -2.26. The average Bonchev–Trinajstić information content (AvgIpc) is 2.32. The first-order valence-electron chi connectivity index (χ1n) is 4.73. The summed E-state index contributed by atoms with van der Waals surface area (Å²) >= 11 is 0. The molecule has 3 N–H and O–H groups in total. The van der Waals surface area contributed by atoms with E-state index in [-0.39, 0.29) is 0 Å². The standard InChI is InChI=1S/C9H19N3/c1-3-8-5-4-7(2)12(8)6-9(10)11/h7-8H,3-6H2,1-2H3,(H3,10,11). The van der Waals surface area contributed by atoms with Crippen molar-refractivity contribution in [3.05, 3.63) is 0 Å². The predicted molar refractivity (Wildman–Crippen MR) is 51.4 cm³/mol. The van der Waals surface area contributed by atoms with E-state index in [0.717, 1.165) is 0 Å². The fourth-order valence-corrected chi connectivity index (χ4v) is 2.05. The molecule has 2 atom stereocenters. The molecule has 0 aromatic heterocycles. The maximum absolute atomic E-state index is 7.25. The Morgan fingerprint density at radius 3 is 2.75 bits per heavy atom. The first kappa shape index (κ1) is 9.52. The molecule has 3 nitrogen and oxygen atoms in total. The van der Waals surface area contributed by atoms with Crippen LogP contribution in [0.5, 0.6) is 0 Å². The van der Waals surface area contributed by atoms with Gasteiger partial charge < -0.3 is 5.73 Å². The van der Waals surface area contributed by atoms with E-state index in [9.17, 15) is 0 Å². The largest absolute Gasteiger partial charge is 0.387 e. The maximum atomic E-state index is 7.25. The monoisotopic (exact) mass is 169 g/mol. The van der Waals surface area contributed by atoms with Gasteiger partial charge in [-0.1, -0.05) is 6.92 Å². The van der Waals surface area contributed by atoms with Crippen LogP contribution in [0.3, 0.4) is 0 Å². The molecule has 1 aliphatic heterocycles. The van der Waals surface area contributed by atoms with Crippen molar-refractivity contribution in [1.82, 2.24) is 4.90 Å². The van der Waals surface area contributed by atoms with Crippen molar-refractivity contribution >= 4 is 5.84 Å². The molecule has 12 heavy (non-hydrogen) atoms. The summed E-state index contributed by atoms with van der Waals surface area (Å²) in [6.07, 6.45) is 3.70. The summed E-state index contributed by atoms with van der Waals surface area (Å²) in [5.41, 5.74) is 5.39. The van der Waals surface area contributed by atoms with Gasteiger partial charge in [-0.2, -0.15) is 0 Å². The number of nitrogens with zero attached hydrogens (tertiary/aromatic N) is 1. The highest BCUT2D eigenvalue weighted by Gasteiger charge is 2.28. The molecule has 0 bridgehead atoms. The summed E-state index contributed by atoms with van der Waals surface area (Å²) in [6, 6.07) is 1.27. The number of hydrogen-bond donors (Lipinski definition) is 2. The van der Waals surface area contributed by atoms with Crippen LogP contribution in [0.25, 0.3) is 0 Å². The smallest absolute Gasteiger partial charge is 0.105 e. The molecule has 0 amide bonds. The fraction of sp³-hybridized carbons (Fsp3) is 0.889. The van der Waals surface area contributed by atoms with E-state index in [1.165, 1.54) is 19.3 Å². The Morgan fingerprint density at radius 1 is 1.58 bits per heavy atom. The molecule has 0 aliphatic carbocycles. The molecular formula is C9H19N3. The van der Waals surface area contributed by atoms with E-state index < -0.39 is 0 Å². The van der Waals surface area contributed by atoms with Crippen molar-refractivity contribution in [3.8, 4) is 0 Å². The zero-order valence-electron chi connectivity index (χ0n) is 8.01. The van der Waals surface area contributed by atoms with Gasteiger partial charge in [-0.25, -0.2) is 0 Å². The Bertz CT molecular complexity index is 167. The summed E-state index contributed by atoms with van der Waals surface area (Å²) in [7, 11) is 0. The molecule has 0 aromatic rings. The molecule has 1 aliphatic rings. The van der Waals surface area contributed by atoms with Crippen LogP contribution in [0.4, 0.5) is 0 Å². The molecule has 1 rings (SSSR count). The second-order valence-corrected chi connectivity index (χ2v) is 3.69. The summed E-state index contributed by atoms with van der Waals surface area (Å²) in [4.78, 5) is 2.35. The predicted octanol–water partition coefficient (Wildman–Crippen LogP) is 1.19. The highest BCUT2D eigenvalue weighted by atomic mass is 15.2. The van der Waals surface area contributed by atoms with E-state index >= 15 is 0 Å². The van der Waals surface area contributed by atoms with Gasteiger partial charge in [-0.3, -0.25) is 10.3 Å². The van der Waals surface area contributed by atoms with Crippen molar-refractivity contribution in [2.75, 3.05) is 6.54 Å². The molecular weight excluding hydrogens is 150 g/mol. The number of hydrogen-bond acceptors (Lipinski definition) is 2. The highest BCUT2D eigenvalue weighted by molar-refractivity contribution is 5.79. The van der Waals surface area contributed by atoms with Gasteiger partial charge in [0.2, 0.25) is 0 Å². The van der Waals surface area contributed by atoms with Crippen LogP contribution >= 0.6 is 0 Å². The molecule has 0 saturated carbocycles. The second-order valence-electron chi connectivity index (χ2n) is 3.69. The molecule has 0 spiro atoms.